The lowest BCUT2D eigenvalue weighted by Crippen LogP contribution is -2.47. The van der Waals surface area contributed by atoms with Gasteiger partial charge in [0.05, 0.1) is 17.7 Å². The largest absolute Gasteiger partial charge is 0.384 e. The molecule has 1 aliphatic heterocycles. The highest BCUT2D eigenvalue weighted by atomic mass is 79.9. The molecule has 0 radical (unpaired) electrons. The minimum atomic E-state index is -0.596. The molecule has 0 spiro atoms. The molecule has 0 aromatic heterocycles. The van der Waals surface area contributed by atoms with Crippen molar-refractivity contribution in [2.75, 3.05) is 32.1 Å². The standard InChI is InChI=1S/C14H18BrFN2O2/c1-20-9-14(5-7-17-8-6-14)13(19)18-12-10(15)3-2-4-11(12)16/h2-4,17H,5-9H2,1H3,(H,18,19). The van der Waals surface area contributed by atoms with E-state index in [1.54, 1.807) is 19.2 Å². The van der Waals surface area contributed by atoms with Crippen molar-refractivity contribution in [3.63, 3.8) is 0 Å². The van der Waals surface area contributed by atoms with Gasteiger partial charge in [-0.15, -0.1) is 0 Å². The van der Waals surface area contributed by atoms with Gasteiger partial charge in [-0.3, -0.25) is 4.79 Å². The van der Waals surface area contributed by atoms with Gasteiger partial charge in [0.2, 0.25) is 5.91 Å². The van der Waals surface area contributed by atoms with Crippen molar-refractivity contribution in [1.82, 2.24) is 5.32 Å². The Morgan fingerprint density at radius 2 is 2.20 bits per heavy atom. The van der Waals surface area contributed by atoms with Gasteiger partial charge in [-0.25, -0.2) is 4.39 Å². The SMILES string of the molecule is COCC1(C(=O)Nc2c(F)cccc2Br)CCNCC1. The molecular weight excluding hydrogens is 327 g/mol. The number of carbonyl (C=O) groups excluding carboxylic acids is 1. The van der Waals surface area contributed by atoms with Crippen LogP contribution < -0.4 is 10.6 Å². The third-order valence-electron chi connectivity index (χ3n) is 3.66. The van der Waals surface area contributed by atoms with Crippen LogP contribution in [0.3, 0.4) is 0 Å². The minimum Gasteiger partial charge on any atom is -0.384 e. The summed E-state index contributed by atoms with van der Waals surface area (Å²) in [7, 11) is 1.58. The highest BCUT2D eigenvalue weighted by Gasteiger charge is 2.40. The molecule has 2 N–H and O–H groups in total. The fourth-order valence-corrected chi connectivity index (χ4v) is 2.92. The molecule has 0 saturated carbocycles. The van der Waals surface area contributed by atoms with Gasteiger partial charge in [0, 0.05) is 11.6 Å². The molecule has 1 saturated heterocycles. The molecule has 0 aliphatic carbocycles. The first kappa shape index (κ1) is 15.4. The second kappa shape index (κ2) is 6.65. The van der Waals surface area contributed by atoms with Gasteiger partial charge in [0.15, 0.2) is 0 Å². The average Bonchev–Trinajstić information content (AvgIpc) is 2.44. The number of hydrogen-bond acceptors (Lipinski definition) is 3. The van der Waals surface area contributed by atoms with Crippen molar-refractivity contribution < 1.29 is 13.9 Å². The molecule has 2 rings (SSSR count). The van der Waals surface area contributed by atoms with Crippen LogP contribution in [0.4, 0.5) is 10.1 Å². The number of hydrogen-bond donors (Lipinski definition) is 2. The number of piperidine rings is 1. The Morgan fingerprint density at radius 3 is 2.80 bits per heavy atom. The molecule has 0 unspecified atom stereocenters. The van der Waals surface area contributed by atoms with E-state index in [1.165, 1.54) is 6.07 Å². The van der Waals surface area contributed by atoms with E-state index in [0.717, 1.165) is 13.1 Å². The lowest BCUT2D eigenvalue weighted by Gasteiger charge is -2.35. The van der Waals surface area contributed by atoms with E-state index in [-0.39, 0.29) is 11.6 Å². The molecule has 1 aromatic carbocycles. The van der Waals surface area contributed by atoms with Crippen LogP contribution in [0.1, 0.15) is 12.8 Å². The molecule has 110 valence electrons. The van der Waals surface area contributed by atoms with Crippen LogP contribution in [0.2, 0.25) is 0 Å². The number of nitrogens with one attached hydrogen (secondary N) is 2. The third-order valence-corrected chi connectivity index (χ3v) is 4.33. The van der Waals surface area contributed by atoms with Crippen LogP contribution in [0, 0.1) is 11.2 Å². The first-order valence-corrected chi connectivity index (χ1v) is 7.33. The zero-order valence-electron chi connectivity index (χ0n) is 11.3. The van der Waals surface area contributed by atoms with Crippen molar-refractivity contribution in [2.45, 2.75) is 12.8 Å². The summed E-state index contributed by atoms with van der Waals surface area (Å²) in [6.45, 7) is 1.86. The number of halogens is 2. The molecular formula is C14H18BrFN2O2. The molecule has 0 atom stereocenters. The molecule has 1 amide bonds. The Balaban J connectivity index is 2.20. The van der Waals surface area contributed by atoms with Crippen LogP contribution in [0.5, 0.6) is 0 Å². The summed E-state index contributed by atoms with van der Waals surface area (Å²) in [5, 5.41) is 5.93. The van der Waals surface area contributed by atoms with Crippen molar-refractivity contribution in [3.05, 3.63) is 28.5 Å². The normalized spacial score (nSPS) is 17.8. The van der Waals surface area contributed by atoms with Gasteiger partial charge >= 0.3 is 0 Å². The highest BCUT2D eigenvalue weighted by Crippen LogP contribution is 2.33. The number of methoxy groups -OCH3 is 1. The minimum absolute atomic E-state index is 0.187. The molecule has 6 heteroatoms. The summed E-state index contributed by atoms with van der Waals surface area (Å²) >= 11 is 3.26. The number of rotatable bonds is 4. The smallest absolute Gasteiger partial charge is 0.233 e. The van der Waals surface area contributed by atoms with E-state index in [0.29, 0.717) is 23.9 Å². The van der Waals surface area contributed by atoms with Crippen LogP contribution in [-0.2, 0) is 9.53 Å². The molecule has 0 bridgehead atoms. The quantitative estimate of drug-likeness (QED) is 0.882. The topological polar surface area (TPSA) is 50.4 Å². The van der Waals surface area contributed by atoms with Gasteiger partial charge in [-0.2, -0.15) is 0 Å². The van der Waals surface area contributed by atoms with E-state index in [4.69, 9.17) is 4.74 Å². The number of benzene rings is 1. The van der Waals surface area contributed by atoms with Crippen LogP contribution in [0.25, 0.3) is 0 Å². The van der Waals surface area contributed by atoms with Gasteiger partial charge in [0.1, 0.15) is 5.82 Å². The maximum Gasteiger partial charge on any atom is 0.233 e. The fourth-order valence-electron chi connectivity index (χ4n) is 2.48. The van der Waals surface area contributed by atoms with Crippen LogP contribution in [-0.4, -0.2) is 32.7 Å². The fraction of sp³-hybridized carbons (Fsp3) is 0.500. The maximum absolute atomic E-state index is 13.8. The lowest BCUT2D eigenvalue weighted by atomic mass is 9.78. The molecule has 1 aliphatic rings. The van der Waals surface area contributed by atoms with E-state index in [1.807, 2.05) is 0 Å². The summed E-state index contributed by atoms with van der Waals surface area (Å²) in [4.78, 5) is 12.6. The summed E-state index contributed by atoms with van der Waals surface area (Å²) in [5.41, 5.74) is -0.409. The Labute approximate surface area is 126 Å². The predicted octanol–water partition coefficient (Wildman–Crippen LogP) is 2.54. The van der Waals surface area contributed by atoms with Gasteiger partial charge in [-0.05, 0) is 54.0 Å². The second-order valence-electron chi connectivity index (χ2n) is 5.01. The second-order valence-corrected chi connectivity index (χ2v) is 5.87. The summed E-state index contributed by atoms with van der Waals surface area (Å²) in [5.74, 6) is -0.638. The highest BCUT2D eigenvalue weighted by molar-refractivity contribution is 9.10. The predicted molar refractivity (Wildman–Crippen MR) is 79.1 cm³/mol. The number of para-hydroxylation sites is 1. The molecule has 1 fully saturated rings. The zero-order chi connectivity index (χ0) is 14.6. The van der Waals surface area contributed by atoms with Crippen molar-refractivity contribution in [2.24, 2.45) is 5.41 Å². The van der Waals surface area contributed by atoms with Gasteiger partial charge < -0.3 is 15.4 Å². The Morgan fingerprint density at radius 1 is 1.50 bits per heavy atom. The van der Waals surface area contributed by atoms with Crippen molar-refractivity contribution >= 4 is 27.5 Å². The average molecular weight is 345 g/mol. The van der Waals surface area contributed by atoms with E-state index in [2.05, 4.69) is 26.6 Å². The number of amides is 1. The molecule has 20 heavy (non-hydrogen) atoms. The Hall–Kier alpha value is -0.980. The lowest BCUT2D eigenvalue weighted by molar-refractivity contribution is -0.130. The maximum atomic E-state index is 13.8. The zero-order valence-corrected chi connectivity index (χ0v) is 12.9. The summed E-state index contributed by atoms with van der Waals surface area (Å²) in [6, 6.07) is 4.61. The van der Waals surface area contributed by atoms with Gasteiger partial charge in [-0.1, -0.05) is 6.07 Å². The number of ether oxygens (including phenoxy) is 1. The summed E-state index contributed by atoms with van der Waals surface area (Å²) in [6.07, 6.45) is 1.36. The van der Waals surface area contributed by atoms with E-state index >= 15 is 0 Å². The molecule has 4 nitrogen and oxygen atoms in total. The van der Waals surface area contributed by atoms with Gasteiger partial charge in [0.25, 0.3) is 0 Å². The first-order valence-electron chi connectivity index (χ1n) is 6.54. The van der Waals surface area contributed by atoms with Crippen LogP contribution in [0.15, 0.2) is 22.7 Å². The van der Waals surface area contributed by atoms with Crippen molar-refractivity contribution in [3.8, 4) is 0 Å². The van der Waals surface area contributed by atoms with E-state index in [9.17, 15) is 9.18 Å². The first-order chi connectivity index (χ1) is 9.59. The molecule has 1 aromatic rings. The Bertz CT molecular complexity index is 464. The number of carbonyl (C=O) groups is 1. The third kappa shape index (κ3) is 3.19. The Kier molecular flexibility index (Phi) is 5.12. The monoisotopic (exact) mass is 344 g/mol. The van der Waals surface area contributed by atoms with Crippen molar-refractivity contribution in [1.29, 1.82) is 0 Å². The molecule has 1 heterocycles. The van der Waals surface area contributed by atoms with E-state index < -0.39 is 11.2 Å². The van der Waals surface area contributed by atoms with Crippen LogP contribution >= 0.6 is 15.9 Å². The number of anilines is 1. The summed E-state index contributed by atoms with van der Waals surface area (Å²) < 4.78 is 19.5.